The van der Waals surface area contributed by atoms with Crippen LogP contribution in [0.3, 0.4) is 0 Å². The maximum absolute atomic E-state index is 12.2. The SMILES string of the molecule is CCNC(=NCCCC1CCCC1)NCCS(=O)(=O)NCC1CCCCO1.I. The van der Waals surface area contributed by atoms with E-state index in [1.165, 1.54) is 32.1 Å². The van der Waals surface area contributed by atoms with Crippen LogP contribution in [0.5, 0.6) is 0 Å². The molecule has 0 aromatic heterocycles. The predicted molar refractivity (Wildman–Crippen MR) is 126 cm³/mol. The first kappa shape index (κ1) is 25.9. The maximum Gasteiger partial charge on any atom is 0.213 e. The van der Waals surface area contributed by atoms with Gasteiger partial charge in [-0.25, -0.2) is 13.1 Å². The van der Waals surface area contributed by atoms with E-state index in [0.29, 0.717) is 19.0 Å². The summed E-state index contributed by atoms with van der Waals surface area (Å²) in [7, 11) is -3.30. The largest absolute Gasteiger partial charge is 0.377 e. The standard InChI is InChI=1S/C19H38N4O3S.HI/c1-2-20-19(21-12-7-10-17-8-3-4-9-17)22-13-15-27(24,25)23-16-18-11-5-6-14-26-18;/h17-18,23H,2-16H2,1H3,(H2,20,21,22);1H. The van der Waals surface area contributed by atoms with Gasteiger partial charge in [0.05, 0.1) is 11.9 Å². The van der Waals surface area contributed by atoms with Crippen molar-refractivity contribution in [2.45, 2.75) is 70.8 Å². The number of nitrogens with one attached hydrogen (secondary N) is 3. The van der Waals surface area contributed by atoms with E-state index < -0.39 is 10.0 Å². The molecule has 0 bridgehead atoms. The van der Waals surface area contributed by atoms with Crippen LogP contribution in [-0.2, 0) is 14.8 Å². The van der Waals surface area contributed by atoms with Crippen molar-refractivity contribution >= 4 is 40.0 Å². The molecule has 3 N–H and O–H groups in total. The fraction of sp³-hybridized carbons (Fsp3) is 0.947. The molecule has 1 heterocycles. The third-order valence-electron chi connectivity index (χ3n) is 5.33. The number of sulfonamides is 1. The van der Waals surface area contributed by atoms with Gasteiger partial charge in [0.15, 0.2) is 5.96 Å². The Balaban J connectivity index is 0.00000392. The van der Waals surface area contributed by atoms with Crippen molar-refractivity contribution in [3.63, 3.8) is 0 Å². The van der Waals surface area contributed by atoms with Crippen LogP contribution in [-0.4, -0.2) is 59.0 Å². The van der Waals surface area contributed by atoms with Crippen LogP contribution in [0.15, 0.2) is 4.99 Å². The number of rotatable bonds is 11. The van der Waals surface area contributed by atoms with Crippen molar-refractivity contribution in [1.29, 1.82) is 0 Å². The smallest absolute Gasteiger partial charge is 0.213 e. The molecule has 0 aromatic rings. The Bertz CT molecular complexity index is 533. The van der Waals surface area contributed by atoms with Gasteiger partial charge in [0.25, 0.3) is 0 Å². The summed E-state index contributed by atoms with van der Waals surface area (Å²) in [6.45, 7) is 5.01. The lowest BCUT2D eigenvalue weighted by molar-refractivity contribution is 0.0200. The molecule has 2 aliphatic rings. The van der Waals surface area contributed by atoms with E-state index >= 15 is 0 Å². The molecule has 28 heavy (non-hydrogen) atoms. The van der Waals surface area contributed by atoms with Crippen LogP contribution < -0.4 is 15.4 Å². The molecule has 0 aromatic carbocycles. The maximum atomic E-state index is 12.2. The Morgan fingerprint density at radius 1 is 1.11 bits per heavy atom. The average Bonchev–Trinajstić information content (AvgIpc) is 3.18. The molecule has 1 atom stereocenters. The minimum absolute atomic E-state index is 0. The van der Waals surface area contributed by atoms with E-state index in [0.717, 1.165) is 51.3 Å². The third kappa shape index (κ3) is 11.2. The molecule has 1 aliphatic heterocycles. The summed E-state index contributed by atoms with van der Waals surface area (Å²) in [4.78, 5) is 4.57. The van der Waals surface area contributed by atoms with Gasteiger partial charge in [-0.15, -0.1) is 24.0 Å². The average molecular weight is 531 g/mol. The van der Waals surface area contributed by atoms with Gasteiger partial charge in [-0.1, -0.05) is 25.7 Å². The number of hydrogen-bond acceptors (Lipinski definition) is 4. The monoisotopic (exact) mass is 530 g/mol. The van der Waals surface area contributed by atoms with Gasteiger partial charge < -0.3 is 15.4 Å². The van der Waals surface area contributed by atoms with Crippen LogP contribution in [0.4, 0.5) is 0 Å². The Kier molecular flexibility index (Phi) is 13.7. The van der Waals surface area contributed by atoms with Gasteiger partial charge in [-0.3, -0.25) is 4.99 Å². The summed E-state index contributed by atoms with van der Waals surface area (Å²) in [5.41, 5.74) is 0. The summed E-state index contributed by atoms with van der Waals surface area (Å²) in [5.74, 6) is 1.63. The topological polar surface area (TPSA) is 91.8 Å². The van der Waals surface area contributed by atoms with Crippen molar-refractivity contribution < 1.29 is 13.2 Å². The molecule has 0 radical (unpaired) electrons. The number of hydrogen-bond donors (Lipinski definition) is 3. The number of aliphatic imine (C=N–C) groups is 1. The highest BCUT2D eigenvalue weighted by Gasteiger charge is 2.17. The number of nitrogens with zero attached hydrogens (tertiary/aromatic N) is 1. The van der Waals surface area contributed by atoms with E-state index in [-0.39, 0.29) is 35.8 Å². The van der Waals surface area contributed by atoms with Crippen LogP contribution in [0.1, 0.15) is 64.7 Å². The Morgan fingerprint density at radius 3 is 2.54 bits per heavy atom. The van der Waals surface area contributed by atoms with Crippen LogP contribution >= 0.6 is 24.0 Å². The lowest BCUT2D eigenvalue weighted by Crippen LogP contribution is -2.42. The molecule has 1 saturated heterocycles. The first-order valence-electron chi connectivity index (χ1n) is 10.7. The van der Waals surface area contributed by atoms with E-state index in [2.05, 4.69) is 20.3 Å². The van der Waals surface area contributed by atoms with Crippen molar-refractivity contribution in [3.05, 3.63) is 0 Å². The lowest BCUT2D eigenvalue weighted by Gasteiger charge is -2.22. The molecule has 1 saturated carbocycles. The van der Waals surface area contributed by atoms with E-state index in [9.17, 15) is 8.42 Å². The summed E-state index contributed by atoms with van der Waals surface area (Å²) in [5, 5.41) is 6.32. The quantitative estimate of drug-likeness (QED) is 0.165. The Hall–Kier alpha value is -0.130. The van der Waals surface area contributed by atoms with Gasteiger partial charge in [0, 0.05) is 32.8 Å². The Labute approximate surface area is 188 Å². The molecule has 7 nitrogen and oxygen atoms in total. The number of guanidine groups is 1. The van der Waals surface area contributed by atoms with Crippen molar-refractivity contribution in [3.8, 4) is 0 Å². The van der Waals surface area contributed by atoms with E-state index in [4.69, 9.17) is 4.74 Å². The zero-order chi connectivity index (χ0) is 19.4. The first-order chi connectivity index (χ1) is 13.1. The minimum Gasteiger partial charge on any atom is -0.377 e. The first-order valence-corrected chi connectivity index (χ1v) is 12.4. The normalized spacial score (nSPS) is 21.3. The van der Waals surface area contributed by atoms with E-state index in [1.54, 1.807) is 0 Å². The summed E-state index contributed by atoms with van der Waals surface area (Å²) < 4.78 is 32.5. The molecular weight excluding hydrogens is 491 g/mol. The molecule has 0 spiro atoms. The Morgan fingerprint density at radius 2 is 1.86 bits per heavy atom. The number of ether oxygens (including phenoxy) is 1. The summed E-state index contributed by atoms with van der Waals surface area (Å²) >= 11 is 0. The lowest BCUT2D eigenvalue weighted by atomic mass is 10.0. The van der Waals surface area contributed by atoms with Gasteiger partial charge in [0.2, 0.25) is 10.0 Å². The van der Waals surface area contributed by atoms with Crippen LogP contribution in [0.2, 0.25) is 0 Å². The van der Waals surface area contributed by atoms with Crippen LogP contribution in [0, 0.1) is 5.92 Å². The number of halogens is 1. The molecule has 1 unspecified atom stereocenters. The zero-order valence-corrected chi connectivity index (χ0v) is 20.4. The zero-order valence-electron chi connectivity index (χ0n) is 17.2. The highest BCUT2D eigenvalue weighted by atomic mass is 127. The van der Waals surface area contributed by atoms with Crippen molar-refractivity contribution in [1.82, 2.24) is 15.4 Å². The predicted octanol–water partition coefficient (Wildman–Crippen LogP) is 2.62. The molecule has 2 rings (SSSR count). The molecule has 166 valence electrons. The second-order valence-electron chi connectivity index (χ2n) is 7.64. The van der Waals surface area contributed by atoms with Gasteiger partial charge in [0.1, 0.15) is 0 Å². The second-order valence-corrected chi connectivity index (χ2v) is 9.56. The van der Waals surface area contributed by atoms with Gasteiger partial charge in [-0.05, 0) is 44.9 Å². The fourth-order valence-electron chi connectivity index (χ4n) is 3.78. The highest BCUT2D eigenvalue weighted by molar-refractivity contribution is 14.0. The van der Waals surface area contributed by atoms with E-state index in [1.807, 2.05) is 6.92 Å². The van der Waals surface area contributed by atoms with Crippen molar-refractivity contribution in [2.24, 2.45) is 10.9 Å². The third-order valence-corrected chi connectivity index (χ3v) is 6.68. The second kappa shape index (κ2) is 14.8. The van der Waals surface area contributed by atoms with Crippen molar-refractivity contribution in [2.75, 3.05) is 38.5 Å². The molecular formula is C19H39IN4O3S. The van der Waals surface area contributed by atoms with Gasteiger partial charge >= 0.3 is 0 Å². The summed E-state index contributed by atoms with van der Waals surface area (Å²) in [6.07, 6.45) is 11.0. The highest BCUT2D eigenvalue weighted by Crippen LogP contribution is 2.28. The molecule has 9 heteroatoms. The molecule has 1 aliphatic carbocycles. The minimum atomic E-state index is -3.30. The fourth-order valence-corrected chi connectivity index (χ4v) is 4.73. The molecule has 2 fully saturated rings. The summed E-state index contributed by atoms with van der Waals surface area (Å²) in [6, 6.07) is 0. The van der Waals surface area contributed by atoms with Crippen LogP contribution in [0.25, 0.3) is 0 Å². The van der Waals surface area contributed by atoms with Gasteiger partial charge in [-0.2, -0.15) is 0 Å². The molecule has 0 amide bonds.